The number of carbonyl (C=O) groups excluding carboxylic acids is 1. The number of fused-ring (bicyclic) bond motifs is 2. The Bertz CT molecular complexity index is 767. The number of carbonyl (C=O) groups is 1. The predicted octanol–water partition coefficient (Wildman–Crippen LogP) is 3.84. The van der Waals surface area contributed by atoms with Crippen molar-refractivity contribution in [2.45, 2.75) is 18.4 Å². The van der Waals surface area contributed by atoms with Gasteiger partial charge in [0.15, 0.2) is 0 Å². The molecule has 5 heteroatoms. The zero-order valence-corrected chi connectivity index (χ0v) is 14.3. The molecule has 0 unspecified atom stereocenters. The van der Waals surface area contributed by atoms with Crippen LogP contribution in [0.4, 0.5) is 9.80 Å². The van der Waals surface area contributed by atoms with Gasteiger partial charge in [0.05, 0.1) is 6.54 Å². The van der Waals surface area contributed by atoms with Crippen molar-refractivity contribution in [3.8, 4) is 11.1 Å². The Morgan fingerprint density at radius 1 is 1.08 bits per heavy atom. The van der Waals surface area contributed by atoms with Gasteiger partial charge in [-0.15, -0.1) is 11.3 Å². The summed E-state index contributed by atoms with van der Waals surface area (Å²) >= 11 is 1.62. The number of benzene rings is 1. The number of piperidine rings is 3. The van der Waals surface area contributed by atoms with Gasteiger partial charge in [-0.1, -0.05) is 30.3 Å². The van der Waals surface area contributed by atoms with Gasteiger partial charge in [0.25, 0.3) is 0 Å². The molecule has 0 aliphatic carbocycles. The van der Waals surface area contributed by atoms with E-state index in [4.69, 9.17) is 4.74 Å². The van der Waals surface area contributed by atoms with E-state index < -0.39 is 0 Å². The zero-order chi connectivity index (χ0) is 16.1. The van der Waals surface area contributed by atoms with Gasteiger partial charge >= 0.3 is 6.09 Å². The molecule has 5 heterocycles. The normalized spacial score (nSPS) is 31.7. The van der Waals surface area contributed by atoms with Crippen LogP contribution in [0.3, 0.4) is 0 Å². The van der Waals surface area contributed by atoms with Crippen molar-refractivity contribution in [2.24, 2.45) is 5.92 Å². The Hall–Kier alpha value is -1.85. The largest absolute Gasteiger partial charge is 0.439 e. The predicted molar refractivity (Wildman–Crippen MR) is 95.5 cm³/mol. The van der Waals surface area contributed by atoms with E-state index in [1.165, 1.54) is 11.1 Å². The summed E-state index contributed by atoms with van der Waals surface area (Å²) < 4.78 is 5.96. The molecule has 1 atom stereocenters. The lowest BCUT2D eigenvalue weighted by molar-refractivity contribution is -0.0881. The van der Waals surface area contributed by atoms with Crippen molar-refractivity contribution in [3.05, 3.63) is 41.8 Å². The van der Waals surface area contributed by atoms with Gasteiger partial charge in [-0.05, 0) is 43.1 Å². The van der Waals surface area contributed by atoms with Crippen molar-refractivity contribution >= 4 is 22.4 Å². The molecule has 1 amide bonds. The first-order chi connectivity index (χ1) is 11.7. The third-order valence-electron chi connectivity index (χ3n) is 5.72. The minimum absolute atomic E-state index is 0.176. The summed E-state index contributed by atoms with van der Waals surface area (Å²) in [6.07, 6.45) is 2.13. The lowest BCUT2D eigenvalue weighted by Gasteiger charge is -2.49. The molecule has 1 aromatic carbocycles. The number of hydrogen-bond donors (Lipinski definition) is 0. The van der Waals surface area contributed by atoms with E-state index in [1.807, 2.05) is 23.1 Å². The topological polar surface area (TPSA) is 32.8 Å². The average Bonchev–Trinajstić information content (AvgIpc) is 3.22. The van der Waals surface area contributed by atoms with E-state index in [2.05, 4.69) is 28.5 Å². The van der Waals surface area contributed by atoms with Crippen LogP contribution in [0.1, 0.15) is 12.8 Å². The van der Waals surface area contributed by atoms with Gasteiger partial charge in [-0.3, -0.25) is 9.80 Å². The van der Waals surface area contributed by atoms with Gasteiger partial charge in [0.1, 0.15) is 10.6 Å². The summed E-state index contributed by atoms with van der Waals surface area (Å²) in [5.41, 5.74) is 2.06. The Balaban J connectivity index is 1.42. The fourth-order valence-corrected chi connectivity index (χ4v) is 5.34. The van der Waals surface area contributed by atoms with Crippen LogP contribution in [0.5, 0.6) is 0 Å². The van der Waals surface area contributed by atoms with E-state index >= 15 is 0 Å². The summed E-state index contributed by atoms with van der Waals surface area (Å²) in [5, 5.41) is 3.12. The molecular weight excluding hydrogens is 320 g/mol. The monoisotopic (exact) mass is 340 g/mol. The van der Waals surface area contributed by atoms with E-state index in [1.54, 1.807) is 11.3 Å². The number of anilines is 1. The Labute approximate surface area is 145 Å². The number of hydrogen-bond acceptors (Lipinski definition) is 4. The van der Waals surface area contributed by atoms with Crippen LogP contribution in [0.25, 0.3) is 11.1 Å². The highest BCUT2D eigenvalue weighted by Crippen LogP contribution is 2.44. The zero-order valence-electron chi connectivity index (χ0n) is 13.5. The van der Waals surface area contributed by atoms with E-state index in [-0.39, 0.29) is 11.7 Å². The highest BCUT2D eigenvalue weighted by Gasteiger charge is 2.55. The summed E-state index contributed by atoms with van der Waals surface area (Å²) in [6, 6.07) is 12.4. The highest BCUT2D eigenvalue weighted by atomic mass is 32.1. The maximum Gasteiger partial charge on any atom is 0.415 e. The lowest BCUT2D eigenvalue weighted by Crippen LogP contribution is -2.61. The van der Waals surface area contributed by atoms with Crippen LogP contribution in [-0.4, -0.2) is 42.8 Å². The molecule has 124 valence electrons. The molecule has 2 bridgehead atoms. The molecule has 4 nitrogen and oxygen atoms in total. The van der Waals surface area contributed by atoms with Crippen LogP contribution in [0.15, 0.2) is 41.8 Å². The van der Waals surface area contributed by atoms with Gasteiger partial charge < -0.3 is 4.74 Å². The molecule has 1 aromatic heterocycles. The number of thiophene rings is 1. The quantitative estimate of drug-likeness (QED) is 0.833. The van der Waals surface area contributed by atoms with Crippen LogP contribution >= 0.6 is 11.3 Å². The number of nitrogens with zero attached hydrogens (tertiary/aromatic N) is 2. The fourth-order valence-electron chi connectivity index (χ4n) is 4.43. The van der Waals surface area contributed by atoms with Crippen molar-refractivity contribution < 1.29 is 9.53 Å². The lowest BCUT2D eigenvalue weighted by atomic mass is 9.75. The van der Waals surface area contributed by atoms with E-state index in [0.717, 1.165) is 37.5 Å². The second kappa shape index (κ2) is 5.33. The Morgan fingerprint density at radius 2 is 1.88 bits per heavy atom. The first-order valence-corrected chi connectivity index (χ1v) is 9.48. The van der Waals surface area contributed by atoms with Crippen LogP contribution in [0, 0.1) is 5.92 Å². The minimum Gasteiger partial charge on any atom is -0.439 e. The van der Waals surface area contributed by atoms with Crippen LogP contribution < -0.4 is 4.90 Å². The number of rotatable bonds is 2. The molecule has 4 fully saturated rings. The van der Waals surface area contributed by atoms with Crippen LogP contribution in [-0.2, 0) is 4.74 Å². The Morgan fingerprint density at radius 3 is 2.58 bits per heavy atom. The van der Waals surface area contributed by atoms with Gasteiger partial charge in [-0.2, -0.15) is 0 Å². The molecule has 6 rings (SSSR count). The maximum absolute atomic E-state index is 12.6. The average molecular weight is 340 g/mol. The molecule has 4 saturated heterocycles. The second-order valence-corrected chi connectivity index (χ2v) is 8.00. The van der Waals surface area contributed by atoms with Crippen LogP contribution in [0.2, 0.25) is 0 Å². The summed E-state index contributed by atoms with van der Waals surface area (Å²) in [4.78, 5) is 16.9. The van der Waals surface area contributed by atoms with Crippen molar-refractivity contribution in [1.29, 1.82) is 0 Å². The minimum atomic E-state index is -0.287. The molecule has 1 spiro atoms. The molecule has 2 aromatic rings. The number of ether oxygens (including phenoxy) is 1. The molecule has 24 heavy (non-hydrogen) atoms. The molecule has 0 N–H and O–H groups in total. The van der Waals surface area contributed by atoms with Crippen molar-refractivity contribution in [3.63, 3.8) is 0 Å². The SMILES string of the molecule is O=C1O[C@@]2(CN3CCC2CC3)CN1c1cc(-c2ccccc2)cs1. The first-order valence-electron chi connectivity index (χ1n) is 8.60. The molecule has 4 aliphatic rings. The summed E-state index contributed by atoms with van der Waals surface area (Å²) in [6.45, 7) is 3.90. The highest BCUT2D eigenvalue weighted by molar-refractivity contribution is 7.14. The molecule has 4 aliphatic heterocycles. The van der Waals surface area contributed by atoms with Crippen molar-refractivity contribution in [1.82, 2.24) is 4.90 Å². The van der Waals surface area contributed by atoms with Gasteiger partial charge in [0.2, 0.25) is 0 Å². The summed E-state index contributed by atoms with van der Waals surface area (Å²) in [7, 11) is 0. The second-order valence-electron chi connectivity index (χ2n) is 7.11. The standard InChI is InChI=1S/C19H20N2O2S/c22-18-21(13-19(23-18)12-20-8-6-16(19)7-9-20)17-10-15(11-24-17)14-4-2-1-3-5-14/h1-5,10-11,16H,6-9,12-13H2/t19-/m0/s1. The van der Waals surface area contributed by atoms with E-state index in [9.17, 15) is 4.79 Å². The smallest absolute Gasteiger partial charge is 0.415 e. The summed E-state index contributed by atoms with van der Waals surface area (Å²) in [5.74, 6) is 0.519. The van der Waals surface area contributed by atoms with Gasteiger partial charge in [0, 0.05) is 17.8 Å². The molecular formula is C19H20N2O2S. The third-order valence-corrected chi connectivity index (χ3v) is 6.67. The number of amides is 1. The van der Waals surface area contributed by atoms with Crippen molar-refractivity contribution in [2.75, 3.05) is 31.1 Å². The maximum atomic E-state index is 12.6. The molecule has 0 radical (unpaired) electrons. The molecule has 0 saturated carbocycles. The third kappa shape index (κ3) is 2.19. The van der Waals surface area contributed by atoms with Gasteiger partial charge in [-0.25, -0.2) is 4.79 Å². The first kappa shape index (κ1) is 14.5. The fraction of sp³-hybridized carbons (Fsp3) is 0.421. The Kier molecular flexibility index (Phi) is 3.22. The van der Waals surface area contributed by atoms with E-state index in [0.29, 0.717) is 12.5 Å².